The first-order chi connectivity index (χ1) is 16.3. The van der Waals surface area contributed by atoms with Gasteiger partial charge in [-0.15, -0.1) is 0 Å². The lowest BCUT2D eigenvalue weighted by atomic mass is 10.1. The van der Waals surface area contributed by atoms with E-state index in [2.05, 4.69) is 115 Å². The number of rotatable bonds is 6. The van der Waals surface area contributed by atoms with E-state index in [1.807, 2.05) is 24.3 Å². The molecule has 0 unspecified atom stereocenters. The third-order valence-corrected chi connectivity index (χ3v) is 11.6. The minimum Gasteiger partial charge on any atom is -0.269 e. The van der Waals surface area contributed by atoms with Crippen molar-refractivity contribution in [3.05, 3.63) is 140 Å². The molecule has 0 atom stereocenters. The molecule has 0 saturated heterocycles. The fraction of sp³-hybridized carbons (Fsp3) is 0. The highest BCUT2D eigenvalue weighted by molar-refractivity contribution is 7.34. The topological polar surface area (TPSA) is 17.1 Å². The average Bonchev–Trinajstić information content (AvgIpc) is 2.91. The van der Waals surface area contributed by atoms with E-state index in [-0.39, 0.29) is 8.46 Å². The highest BCUT2D eigenvalue weighted by atomic mass is 31.1. The van der Waals surface area contributed by atoms with Gasteiger partial charge in [0.1, 0.15) is 0 Å². The molecule has 0 aliphatic carbocycles. The van der Waals surface area contributed by atoms with Gasteiger partial charge in [-0.3, -0.25) is 4.57 Å². The van der Waals surface area contributed by atoms with Crippen LogP contribution in [0.25, 0.3) is 11.1 Å². The van der Waals surface area contributed by atoms with Crippen molar-refractivity contribution in [2.75, 3.05) is 0 Å². The van der Waals surface area contributed by atoms with E-state index in [1.54, 1.807) is 0 Å². The quantitative estimate of drug-likeness (QED) is 0.206. The van der Waals surface area contributed by atoms with Crippen LogP contribution in [0, 0.1) is 0 Å². The third kappa shape index (κ3) is 4.00. The molecule has 1 nitrogen and oxygen atoms in total. The zero-order valence-corrected chi connectivity index (χ0v) is 20.0. The van der Waals surface area contributed by atoms with Crippen LogP contribution < -0.4 is 26.1 Å². The maximum atomic E-state index is 11.1. The Bertz CT molecular complexity index is 1240. The molecular formula is C30H23OPSi. The van der Waals surface area contributed by atoms with Gasteiger partial charge in [-0.25, -0.2) is 0 Å². The fourth-order valence-electron chi connectivity index (χ4n) is 4.69. The molecule has 0 aliphatic rings. The summed E-state index contributed by atoms with van der Waals surface area (Å²) in [7, 11) is -2.43. The monoisotopic (exact) mass is 458 g/mol. The van der Waals surface area contributed by atoms with Crippen LogP contribution in [-0.4, -0.2) is 8.07 Å². The summed E-state index contributed by atoms with van der Waals surface area (Å²) in [5.74, 6) is 0. The predicted molar refractivity (Wildman–Crippen MR) is 143 cm³/mol. The minimum absolute atomic E-state index is 0.0543. The van der Waals surface area contributed by atoms with Gasteiger partial charge < -0.3 is 0 Å². The lowest BCUT2D eigenvalue weighted by molar-refractivity contribution is 0.603. The maximum Gasteiger partial charge on any atom is 0.192 e. The predicted octanol–water partition coefficient (Wildman–Crippen LogP) is 4.65. The van der Waals surface area contributed by atoms with Gasteiger partial charge in [0, 0.05) is 5.30 Å². The van der Waals surface area contributed by atoms with E-state index in [1.165, 1.54) is 20.7 Å². The van der Waals surface area contributed by atoms with Crippen LogP contribution in [0.15, 0.2) is 140 Å². The zero-order valence-electron chi connectivity index (χ0n) is 18.1. The maximum absolute atomic E-state index is 11.1. The van der Waals surface area contributed by atoms with Crippen molar-refractivity contribution >= 4 is 42.6 Å². The molecule has 0 saturated carbocycles. The Kier molecular flexibility index (Phi) is 6.12. The minimum atomic E-state index is -2.48. The summed E-state index contributed by atoms with van der Waals surface area (Å²) in [5.41, 5.74) is 2.28. The molecule has 0 aliphatic heterocycles. The number of benzene rings is 5. The van der Waals surface area contributed by atoms with Crippen molar-refractivity contribution < 1.29 is 4.57 Å². The second kappa shape index (κ2) is 9.50. The first-order valence-electron chi connectivity index (χ1n) is 11.0. The van der Waals surface area contributed by atoms with Crippen LogP contribution in [0.2, 0.25) is 0 Å². The summed E-state index contributed by atoms with van der Waals surface area (Å²) in [6.45, 7) is 0. The molecule has 0 spiro atoms. The van der Waals surface area contributed by atoms with Gasteiger partial charge in [0.2, 0.25) is 0 Å². The molecule has 0 amide bonds. The SMILES string of the molecule is O=Pc1ccc(-c2ccc([Si](c3ccccc3)(c3ccccc3)c3ccccc3)cc2)cc1. The van der Waals surface area contributed by atoms with E-state index in [4.69, 9.17) is 0 Å². The van der Waals surface area contributed by atoms with Crippen LogP contribution in [0.3, 0.4) is 0 Å². The van der Waals surface area contributed by atoms with Gasteiger partial charge in [-0.05, 0) is 44.0 Å². The second-order valence-corrected chi connectivity index (χ2v) is 12.6. The van der Waals surface area contributed by atoms with Gasteiger partial charge >= 0.3 is 0 Å². The van der Waals surface area contributed by atoms with Crippen LogP contribution in [-0.2, 0) is 4.57 Å². The van der Waals surface area contributed by atoms with Crippen LogP contribution >= 0.6 is 8.46 Å². The van der Waals surface area contributed by atoms with E-state index < -0.39 is 8.07 Å². The molecule has 5 aromatic carbocycles. The Morgan fingerprint density at radius 2 is 0.727 bits per heavy atom. The zero-order chi connectivity index (χ0) is 22.5. The Balaban J connectivity index is 1.73. The Morgan fingerprint density at radius 3 is 1.09 bits per heavy atom. The molecule has 0 fully saturated rings. The molecule has 0 heterocycles. The van der Waals surface area contributed by atoms with E-state index in [0.717, 1.165) is 16.4 Å². The summed E-state index contributed by atoms with van der Waals surface area (Å²) in [4.78, 5) is 0. The lowest BCUT2D eigenvalue weighted by Crippen LogP contribution is -2.74. The molecule has 0 radical (unpaired) electrons. The molecule has 3 heteroatoms. The average molecular weight is 459 g/mol. The summed E-state index contributed by atoms with van der Waals surface area (Å²) in [6, 6.07) is 49.8. The van der Waals surface area contributed by atoms with Crippen molar-refractivity contribution in [1.29, 1.82) is 0 Å². The largest absolute Gasteiger partial charge is 0.269 e. The molecular weight excluding hydrogens is 435 g/mol. The molecule has 0 N–H and O–H groups in total. The van der Waals surface area contributed by atoms with Crippen molar-refractivity contribution in [3.8, 4) is 11.1 Å². The third-order valence-electron chi connectivity index (χ3n) is 6.24. The summed E-state index contributed by atoms with van der Waals surface area (Å²) < 4.78 is 11.1. The molecule has 5 aromatic rings. The normalized spacial score (nSPS) is 11.4. The molecule has 5 rings (SSSR count). The number of hydrogen-bond donors (Lipinski definition) is 0. The molecule has 158 valence electrons. The van der Waals surface area contributed by atoms with Crippen LogP contribution in [0.5, 0.6) is 0 Å². The van der Waals surface area contributed by atoms with Gasteiger partial charge in [-0.1, -0.05) is 127 Å². The van der Waals surface area contributed by atoms with Gasteiger partial charge in [-0.2, -0.15) is 0 Å². The lowest BCUT2D eigenvalue weighted by Gasteiger charge is -2.34. The molecule has 0 aromatic heterocycles. The summed E-state index contributed by atoms with van der Waals surface area (Å²) >= 11 is 0. The highest BCUT2D eigenvalue weighted by Gasteiger charge is 2.41. The van der Waals surface area contributed by atoms with Crippen LogP contribution in [0.1, 0.15) is 0 Å². The van der Waals surface area contributed by atoms with Crippen molar-refractivity contribution in [3.63, 3.8) is 0 Å². The van der Waals surface area contributed by atoms with Gasteiger partial charge in [0.15, 0.2) is 16.5 Å². The fourth-order valence-corrected chi connectivity index (χ4v) is 9.71. The summed E-state index contributed by atoms with van der Waals surface area (Å²) in [6.07, 6.45) is 0. The second-order valence-electron chi connectivity index (χ2n) is 8.06. The molecule has 0 bridgehead atoms. The Labute approximate surface area is 197 Å². The highest BCUT2D eigenvalue weighted by Crippen LogP contribution is 2.19. The van der Waals surface area contributed by atoms with E-state index in [0.29, 0.717) is 0 Å². The summed E-state index contributed by atoms with van der Waals surface area (Å²) in [5, 5.41) is 6.25. The standard InChI is InChI=1S/C30H23OPSi/c31-32-26-20-16-24(17-21-26)25-18-22-30(23-19-25)33(27-10-4-1-5-11-27,28-12-6-2-7-13-28)29-14-8-3-9-15-29/h1-23H. The van der Waals surface area contributed by atoms with Gasteiger partial charge in [0.25, 0.3) is 0 Å². The molecule has 33 heavy (non-hydrogen) atoms. The van der Waals surface area contributed by atoms with E-state index in [9.17, 15) is 4.57 Å². The van der Waals surface area contributed by atoms with E-state index >= 15 is 0 Å². The van der Waals surface area contributed by atoms with Crippen molar-refractivity contribution in [2.45, 2.75) is 0 Å². The smallest absolute Gasteiger partial charge is 0.192 e. The first-order valence-corrected chi connectivity index (χ1v) is 13.8. The number of hydrogen-bond acceptors (Lipinski definition) is 1. The Morgan fingerprint density at radius 1 is 0.394 bits per heavy atom. The van der Waals surface area contributed by atoms with Gasteiger partial charge in [0.05, 0.1) is 0 Å². The van der Waals surface area contributed by atoms with Crippen LogP contribution in [0.4, 0.5) is 0 Å². The first kappa shape index (κ1) is 21.3. The Hall–Kier alpha value is -3.58. The van der Waals surface area contributed by atoms with Crippen molar-refractivity contribution in [1.82, 2.24) is 0 Å². The van der Waals surface area contributed by atoms with Crippen molar-refractivity contribution in [2.24, 2.45) is 0 Å².